The van der Waals surface area contributed by atoms with Crippen LogP contribution in [0.4, 0.5) is 4.39 Å². The summed E-state index contributed by atoms with van der Waals surface area (Å²) in [4.78, 5) is 35.4. The first-order valence-corrected chi connectivity index (χ1v) is 10.6. The first-order chi connectivity index (χ1) is 16.1. The molecule has 1 aliphatic rings. The van der Waals surface area contributed by atoms with Crippen LogP contribution in [0.1, 0.15) is 32.4 Å². The number of nitrogens with zero attached hydrogens (tertiary/aromatic N) is 2. The molecule has 10 heteroatoms. The van der Waals surface area contributed by atoms with E-state index in [1.165, 1.54) is 19.1 Å². The van der Waals surface area contributed by atoms with Crippen molar-refractivity contribution in [3.63, 3.8) is 0 Å². The van der Waals surface area contributed by atoms with E-state index in [0.29, 0.717) is 22.8 Å². The number of primary amides is 1. The second kappa shape index (κ2) is 8.96. The molecule has 4 N–H and O–H groups in total. The van der Waals surface area contributed by atoms with Crippen molar-refractivity contribution in [1.82, 2.24) is 15.0 Å². The van der Waals surface area contributed by atoms with Gasteiger partial charge in [-0.3, -0.25) is 14.6 Å². The van der Waals surface area contributed by atoms with Crippen molar-refractivity contribution < 1.29 is 28.6 Å². The molecule has 3 heterocycles. The lowest BCUT2D eigenvalue weighted by atomic mass is 9.73. The lowest BCUT2D eigenvalue weighted by molar-refractivity contribution is -0.239. The number of rotatable bonds is 7. The number of aromatic amines is 1. The third-order valence-corrected chi connectivity index (χ3v) is 5.99. The molecule has 0 spiro atoms. The largest absolute Gasteiger partial charge is 0.480 e. The van der Waals surface area contributed by atoms with Crippen LogP contribution in [0.25, 0.3) is 22.5 Å². The van der Waals surface area contributed by atoms with E-state index in [1.807, 2.05) is 12.1 Å². The number of amides is 1. The van der Waals surface area contributed by atoms with Crippen molar-refractivity contribution in [2.24, 2.45) is 16.6 Å². The maximum Gasteiger partial charge on any atom is 0.318 e. The highest BCUT2D eigenvalue weighted by Gasteiger charge is 2.48. The number of hydrogen-bond donors (Lipinski definition) is 3. The molecule has 2 aromatic heterocycles. The molecular weight excluding hydrogens is 443 g/mol. The van der Waals surface area contributed by atoms with Gasteiger partial charge in [0.25, 0.3) is 0 Å². The summed E-state index contributed by atoms with van der Waals surface area (Å²) >= 11 is 0. The Morgan fingerprint density at radius 2 is 1.79 bits per heavy atom. The molecule has 0 radical (unpaired) electrons. The summed E-state index contributed by atoms with van der Waals surface area (Å²) in [6.07, 6.45) is 2.43. The average Bonchev–Trinajstić information content (AvgIpc) is 3.25. The van der Waals surface area contributed by atoms with Gasteiger partial charge in [0.2, 0.25) is 12.2 Å². The number of aromatic nitrogens is 3. The van der Waals surface area contributed by atoms with Crippen molar-refractivity contribution in [2.75, 3.05) is 13.2 Å². The number of carbonyl (C=O) groups excluding carboxylic acids is 1. The van der Waals surface area contributed by atoms with Gasteiger partial charge in [-0.15, -0.1) is 0 Å². The van der Waals surface area contributed by atoms with Crippen molar-refractivity contribution in [2.45, 2.75) is 26.6 Å². The van der Waals surface area contributed by atoms with Crippen molar-refractivity contribution in [3.05, 3.63) is 60.4 Å². The monoisotopic (exact) mass is 468 g/mol. The zero-order valence-electron chi connectivity index (χ0n) is 18.7. The summed E-state index contributed by atoms with van der Waals surface area (Å²) in [6.45, 7) is 3.34. The number of pyridine rings is 1. The first-order valence-electron chi connectivity index (χ1n) is 10.6. The molecule has 178 valence electrons. The highest BCUT2D eigenvalue weighted by Crippen LogP contribution is 2.41. The molecule has 1 saturated heterocycles. The Morgan fingerprint density at radius 3 is 2.35 bits per heavy atom. The molecule has 0 bridgehead atoms. The van der Waals surface area contributed by atoms with Gasteiger partial charge in [0.05, 0.1) is 24.6 Å². The van der Waals surface area contributed by atoms with E-state index in [9.17, 15) is 19.1 Å². The Kier molecular flexibility index (Phi) is 6.20. The van der Waals surface area contributed by atoms with E-state index in [1.54, 1.807) is 31.5 Å². The Labute approximate surface area is 195 Å². The Bertz CT molecular complexity index is 1170. The zero-order valence-corrected chi connectivity index (χ0v) is 18.7. The molecule has 9 nitrogen and oxygen atoms in total. The molecule has 1 aromatic carbocycles. The number of carboxylic acid groups (broad SMARTS) is 1. The number of aliphatic carboxylic acids is 1. The fourth-order valence-corrected chi connectivity index (χ4v) is 4.07. The average molecular weight is 468 g/mol. The number of ether oxygens (including phenoxy) is 2. The van der Waals surface area contributed by atoms with Crippen LogP contribution < -0.4 is 5.73 Å². The fraction of sp³-hybridized carbons (Fsp3) is 0.333. The Hall–Kier alpha value is -3.63. The molecular formula is C24H25FN4O5. The second-order valence-electron chi connectivity index (χ2n) is 9.03. The van der Waals surface area contributed by atoms with Gasteiger partial charge < -0.3 is 25.3 Å². The first kappa shape index (κ1) is 23.5. The number of nitrogens with one attached hydrogen (secondary N) is 1. The lowest BCUT2D eigenvalue weighted by Gasteiger charge is -2.40. The van der Waals surface area contributed by atoms with Crippen molar-refractivity contribution in [1.29, 1.82) is 0 Å². The molecule has 4 rings (SSSR count). The lowest BCUT2D eigenvalue weighted by Crippen LogP contribution is -2.48. The minimum atomic E-state index is -1.75. The zero-order chi connectivity index (χ0) is 24.5. The van der Waals surface area contributed by atoms with Gasteiger partial charge >= 0.3 is 5.97 Å². The van der Waals surface area contributed by atoms with E-state index < -0.39 is 29.0 Å². The number of H-pyrrole nitrogens is 1. The topological polar surface area (TPSA) is 140 Å². The molecule has 1 unspecified atom stereocenters. The summed E-state index contributed by atoms with van der Waals surface area (Å²) in [5.41, 5.74) is 5.68. The summed E-state index contributed by atoms with van der Waals surface area (Å²) in [7, 11) is 0. The van der Waals surface area contributed by atoms with Crippen LogP contribution in [0, 0.1) is 16.6 Å². The predicted octanol–water partition coefficient (Wildman–Crippen LogP) is 3.30. The quantitative estimate of drug-likeness (QED) is 0.452. The SMILES string of the molecule is CC1(CC(C)(C(N)=O)C(=O)O)COC(c2nc(-c3ccc(F)cc3)c(-c3ccncc3)[nH]2)OC1. The van der Waals surface area contributed by atoms with E-state index in [4.69, 9.17) is 15.2 Å². The highest BCUT2D eigenvalue weighted by atomic mass is 19.1. The molecule has 34 heavy (non-hydrogen) atoms. The number of hydrogen-bond acceptors (Lipinski definition) is 6. The molecule has 0 aliphatic carbocycles. The maximum atomic E-state index is 13.5. The smallest absolute Gasteiger partial charge is 0.318 e. The fourth-order valence-electron chi connectivity index (χ4n) is 4.07. The standard InChI is InChI=1S/C24H25FN4O5/c1-23(11-24(2,21(26)30)22(31)32)12-33-20(34-13-23)19-28-17(14-3-5-16(25)6-4-14)18(29-19)15-7-9-27-10-8-15/h3-10,20H,11-13H2,1-2H3,(H2,26,30)(H,28,29)(H,31,32). The third-order valence-electron chi connectivity index (χ3n) is 5.99. The van der Waals surface area contributed by atoms with E-state index in [-0.39, 0.29) is 25.5 Å². The van der Waals surface area contributed by atoms with Crippen LogP contribution in [-0.4, -0.2) is 45.1 Å². The number of imidazole rings is 1. The van der Waals surface area contributed by atoms with Crippen molar-refractivity contribution in [3.8, 4) is 22.5 Å². The van der Waals surface area contributed by atoms with E-state index in [2.05, 4.69) is 15.0 Å². The van der Waals surface area contributed by atoms with Gasteiger partial charge in [0, 0.05) is 28.9 Å². The summed E-state index contributed by atoms with van der Waals surface area (Å²) in [5.74, 6) is -2.16. The summed E-state index contributed by atoms with van der Waals surface area (Å²) < 4.78 is 25.3. The number of carbonyl (C=O) groups is 2. The Balaban J connectivity index is 1.60. The molecule has 1 atom stereocenters. The van der Waals surface area contributed by atoms with Gasteiger partial charge in [-0.05, 0) is 49.7 Å². The number of nitrogens with two attached hydrogens (primary N) is 1. The molecule has 1 aliphatic heterocycles. The van der Waals surface area contributed by atoms with Crippen LogP contribution in [0.2, 0.25) is 0 Å². The van der Waals surface area contributed by atoms with Crippen LogP contribution in [-0.2, 0) is 19.1 Å². The van der Waals surface area contributed by atoms with Crippen LogP contribution >= 0.6 is 0 Å². The van der Waals surface area contributed by atoms with Gasteiger partial charge in [-0.1, -0.05) is 6.92 Å². The molecule has 3 aromatic rings. The Morgan fingerprint density at radius 1 is 1.18 bits per heavy atom. The van der Waals surface area contributed by atoms with Crippen LogP contribution in [0.3, 0.4) is 0 Å². The number of benzene rings is 1. The second-order valence-corrected chi connectivity index (χ2v) is 9.03. The normalized spacial score (nSPS) is 22.1. The van der Waals surface area contributed by atoms with Crippen LogP contribution in [0.5, 0.6) is 0 Å². The third kappa shape index (κ3) is 4.55. The molecule has 0 saturated carbocycles. The number of halogens is 1. The van der Waals surface area contributed by atoms with E-state index >= 15 is 0 Å². The van der Waals surface area contributed by atoms with Gasteiger partial charge in [0.15, 0.2) is 5.82 Å². The minimum Gasteiger partial charge on any atom is -0.480 e. The molecule has 1 fully saturated rings. The summed E-state index contributed by atoms with van der Waals surface area (Å²) in [5, 5.41) is 9.52. The van der Waals surface area contributed by atoms with Crippen molar-refractivity contribution >= 4 is 11.9 Å². The summed E-state index contributed by atoms with van der Waals surface area (Å²) in [6, 6.07) is 9.63. The number of carboxylic acids is 1. The highest BCUT2D eigenvalue weighted by molar-refractivity contribution is 6.00. The van der Waals surface area contributed by atoms with E-state index in [0.717, 1.165) is 5.56 Å². The predicted molar refractivity (Wildman–Crippen MR) is 120 cm³/mol. The van der Waals surface area contributed by atoms with Gasteiger partial charge in [-0.25, -0.2) is 9.37 Å². The maximum absolute atomic E-state index is 13.5. The van der Waals surface area contributed by atoms with Gasteiger partial charge in [0.1, 0.15) is 11.2 Å². The van der Waals surface area contributed by atoms with Gasteiger partial charge in [-0.2, -0.15) is 0 Å². The van der Waals surface area contributed by atoms with Crippen LogP contribution in [0.15, 0.2) is 48.8 Å². The molecule has 1 amide bonds. The minimum absolute atomic E-state index is 0.0430.